The van der Waals surface area contributed by atoms with Crippen molar-refractivity contribution >= 4 is 17.3 Å². The molecule has 0 bridgehead atoms. The standard InChI is InChI=1S/C15H21N3O4/c1-11(17-8-9-22-15(2,3)10-17)14(19)16-12-6-4-5-7-13(12)18(20)21/h4-7,11H,8-10H2,1-3H3,(H,16,19). The summed E-state index contributed by atoms with van der Waals surface area (Å²) in [4.78, 5) is 24.9. The van der Waals surface area contributed by atoms with Crippen LogP contribution in [-0.4, -0.2) is 47.1 Å². The van der Waals surface area contributed by atoms with Gasteiger partial charge in [0.2, 0.25) is 5.91 Å². The fraction of sp³-hybridized carbons (Fsp3) is 0.533. The van der Waals surface area contributed by atoms with Crippen LogP contribution in [-0.2, 0) is 9.53 Å². The number of rotatable bonds is 4. The fourth-order valence-corrected chi connectivity index (χ4v) is 2.53. The summed E-state index contributed by atoms with van der Waals surface area (Å²) >= 11 is 0. The van der Waals surface area contributed by atoms with Crippen molar-refractivity contribution in [2.24, 2.45) is 0 Å². The number of benzene rings is 1. The van der Waals surface area contributed by atoms with Gasteiger partial charge in [0, 0.05) is 19.2 Å². The minimum atomic E-state index is -0.502. The van der Waals surface area contributed by atoms with E-state index >= 15 is 0 Å². The first-order valence-electron chi connectivity index (χ1n) is 7.22. The van der Waals surface area contributed by atoms with Crippen LogP contribution in [0.4, 0.5) is 11.4 Å². The number of hydrogen-bond acceptors (Lipinski definition) is 5. The molecule has 1 heterocycles. The Morgan fingerprint density at radius 3 is 2.77 bits per heavy atom. The van der Waals surface area contributed by atoms with Gasteiger partial charge in [0.25, 0.3) is 5.69 Å². The van der Waals surface area contributed by atoms with Crippen molar-refractivity contribution in [1.82, 2.24) is 4.90 Å². The molecule has 120 valence electrons. The first-order valence-corrected chi connectivity index (χ1v) is 7.22. The fourth-order valence-electron chi connectivity index (χ4n) is 2.53. The molecule has 7 nitrogen and oxygen atoms in total. The van der Waals surface area contributed by atoms with E-state index in [0.717, 1.165) is 0 Å². The Labute approximate surface area is 129 Å². The summed E-state index contributed by atoms with van der Waals surface area (Å²) in [5, 5.41) is 13.6. The number of nitro benzene ring substituents is 1. The Morgan fingerprint density at radius 1 is 1.45 bits per heavy atom. The molecule has 1 aliphatic rings. The minimum Gasteiger partial charge on any atom is -0.373 e. The van der Waals surface area contributed by atoms with Crippen molar-refractivity contribution < 1.29 is 14.5 Å². The molecular weight excluding hydrogens is 286 g/mol. The SMILES string of the molecule is CC(C(=O)Nc1ccccc1[N+](=O)[O-])N1CCOC(C)(C)C1. The zero-order valence-corrected chi connectivity index (χ0v) is 13.0. The number of morpholine rings is 1. The molecule has 1 saturated heterocycles. The average Bonchev–Trinajstić information content (AvgIpc) is 2.45. The molecule has 0 saturated carbocycles. The van der Waals surface area contributed by atoms with Crippen molar-refractivity contribution in [3.05, 3.63) is 34.4 Å². The van der Waals surface area contributed by atoms with Crippen LogP contribution >= 0.6 is 0 Å². The molecule has 22 heavy (non-hydrogen) atoms. The van der Waals surface area contributed by atoms with Crippen LogP contribution in [0.2, 0.25) is 0 Å². The second kappa shape index (κ2) is 6.41. The van der Waals surface area contributed by atoms with Crippen LogP contribution in [0.25, 0.3) is 0 Å². The summed E-state index contributed by atoms with van der Waals surface area (Å²) in [6.07, 6.45) is 0. The maximum atomic E-state index is 12.4. The van der Waals surface area contributed by atoms with E-state index < -0.39 is 4.92 Å². The topological polar surface area (TPSA) is 84.7 Å². The third kappa shape index (κ3) is 3.80. The number of amides is 1. The van der Waals surface area contributed by atoms with Gasteiger partial charge in [-0.05, 0) is 26.8 Å². The van der Waals surface area contributed by atoms with E-state index in [4.69, 9.17) is 4.74 Å². The van der Waals surface area contributed by atoms with E-state index in [-0.39, 0.29) is 28.9 Å². The van der Waals surface area contributed by atoms with E-state index in [0.29, 0.717) is 19.7 Å². The first kappa shape index (κ1) is 16.4. The molecular formula is C15H21N3O4. The number of hydrogen-bond donors (Lipinski definition) is 1. The molecule has 1 aromatic rings. The monoisotopic (exact) mass is 307 g/mol. The zero-order valence-electron chi connectivity index (χ0n) is 13.0. The van der Waals surface area contributed by atoms with Gasteiger partial charge in [0.1, 0.15) is 5.69 Å². The normalized spacial score (nSPS) is 19.4. The Morgan fingerprint density at radius 2 is 2.14 bits per heavy atom. The molecule has 0 radical (unpaired) electrons. The van der Waals surface area contributed by atoms with Crippen LogP contribution in [0.1, 0.15) is 20.8 Å². The maximum absolute atomic E-state index is 12.4. The minimum absolute atomic E-state index is 0.106. The van der Waals surface area contributed by atoms with Gasteiger partial charge in [-0.2, -0.15) is 0 Å². The second-order valence-electron chi connectivity index (χ2n) is 6.02. The molecule has 0 spiro atoms. The number of para-hydroxylation sites is 2. The predicted octanol–water partition coefficient (Wildman–Crippen LogP) is 2.03. The van der Waals surface area contributed by atoms with Crippen LogP contribution in [0.3, 0.4) is 0 Å². The molecule has 1 aromatic carbocycles. The van der Waals surface area contributed by atoms with E-state index in [2.05, 4.69) is 5.32 Å². The molecule has 1 N–H and O–H groups in total. The second-order valence-corrected chi connectivity index (χ2v) is 6.02. The molecule has 0 aromatic heterocycles. The number of nitrogens with one attached hydrogen (secondary N) is 1. The first-order chi connectivity index (χ1) is 10.3. The Balaban J connectivity index is 2.07. The highest BCUT2D eigenvalue weighted by Gasteiger charge is 2.32. The Hall–Kier alpha value is -1.99. The van der Waals surface area contributed by atoms with Crippen LogP contribution in [0.15, 0.2) is 24.3 Å². The third-order valence-electron chi connectivity index (χ3n) is 3.74. The highest BCUT2D eigenvalue weighted by atomic mass is 16.6. The van der Waals surface area contributed by atoms with Crippen molar-refractivity contribution in [3.63, 3.8) is 0 Å². The lowest BCUT2D eigenvalue weighted by atomic mass is 10.1. The zero-order chi connectivity index (χ0) is 16.3. The van der Waals surface area contributed by atoms with Crippen LogP contribution < -0.4 is 5.32 Å². The number of anilines is 1. The van der Waals surface area contributed by atoms with Crippen molar-refractivity contribution in [2.75, 3.05) is 25.0 Å². The molecule has 1 unspecified atom stereocenters. The van der Waals surface area contributed by atoms with Gasteiger partial charge >= 0.3 is 0 Å². The van der Waals surface area contributed by atoms with Gasteiger partial charge in [-0.25, -0.2) is 0 Å². The lowest BCUT2D eigenvalue weighted by Crippen LogP contribution is -2.54. The summed E-state index contributed by atoms with van der Waals surface area (Å²) in [6.45, 7) is 7.62. The predicted molar refractivity (Wildman–Crippen MR) is 82.8 cm³/mol. The van der Waals surface area contributed by atoms with Gasteiger partial charge in [0.05, 0.1) is 23.2 Å². The molecule has 0 aliphatic carbocycles. The summed E-state index contributed by atoms with van der Waals surface area (Å²) < 4.78 is 5.63. The van der Waals surface area contributed by atoms with E-state index in [1.807, 2.05) is 18.7 Å². The molecule has 1 aliphatic heterocycles. The van der Waals surface area contributed by atoms with Crippen molar-refractivity contribution in [2.45, 2.75) is 32.4 Å². The number of carbonyl (C=O) groups excluding carboxylic acids is 1. The van der Waals surface area contributed by atoms with E-state index in [1.165, 1.54) is 12.1 Å². The van der Waals surface area contributed by atoms with Crippen molar-refractivity contribution in [1.29, 1.82) is 0 Å². The molecule has 1 amide bonds. The van der Waals surface area contributed by atoms with Gasteiger partial charge in [-0.15, -0.1) is 0 Å². The van der Waals surface area contributed by atoms with E-state index in [9.17, 15) is 14.9 Å². The average molecular weight is 307 g/mol. The lowest BCUT2D eigenvalue weighted by molar-refractivity contribution is -0.383. The number of nitro groups is 1. The summed E-state index contributed by atoms with van der Waals surface area (Å²) in [5.74, 6) is -0.257. The summed E-state index contributed by atoms with van der Waals surface area (Å²) in [7, 11) is 0. The van der Waals surface area contributed by atoms with Gasteiger partial charge in [-0.3, -0.25) is 19.8 Å². The highest BCUT2D eigenvalue weighted by Crippen LogP contribution is 2.24. The highest BCUT2D eigenvalue weighted by molar-refractivity contribution is 5.96. The van der Waals surface area contributed by atoms with Gasteiger partial charge in [-0.1, -0.05) is 12.1 Å². The van der Waals surface area contributed by atoms with Crippen LogP contribution in [0, 0.1) is 10.1 Å². The quantitative estimate of drug-likeness (QED) is 0.679. The third-order valence-corrected chi connectivity index (χ3v) is 3.74. The van der Waals surface area contributed by atoms with Crippen molar-refractivity contribution in [3.8, 4) is 0 Å². The number of ether oxygens (including phenoxy) is 1. The maximum Gasteiger partial charge on any atom is 0.292 e. The molecule has 2 rings (SSSR count). The number of nitrogens with zero attached hydrogens (tertiary/aromatic N) is 2. The number of carbonyl (C=O) groups is 1. The van der Waals surface area contributed by atoms with E-state index in [1.54, 1.807) is 19.1 Å². The largest absolute Gasteiger partial charge is 0.373 e. The smallest absolute Gasteiger partial charge is 0.292 e. The van der Waals surface area contributed by atoms with Gasteiger partial charge < -0.3 is 10.1 Å². The molecule has 1 atom stereocenters. The Kier molecular flexibility index (Phi) is 4.77. The summed E-state index contributed by atoms with van der Waals surface area (Å²) in [5.41, 5.74) is -0.187. The molecule has 7 heteroatoms. The lowest BCUT2D eigenvalue weighted by Gasteiger charge is -2.40. The van der Waals surface area contributed by atoms with Crippen LogP contribution in [0.5, 0.6) is 0 Å². The Bertz CT molecular complexity index is 574. The summed E-state index contributed by atoms with van der Waals surface area (Å²) in [6, 6.07) is 5.75. The molecule has 1 fully saturated rings. The van der Waals surface area contributed by atoms with Gasteiger partial charge in [0.15, 0.2) is 0 Å².